The highest BCUT2D eigenvalue weighted by molar-refractivity contribution is 5.78. The van der Waals surface area contributed by atoms with Crippen LogP contribution in [0.3, 0.4) is 0 Å². The topological polar surface area (TPSA) is 26.0 Å². The Morgan fingerprint density at radius 1 is 1.40 bits per heavy atom. The second-order valence-corrected chi connectivity index (χ2v) is 2.23. The van der Waals surface area contributed by atoms with Gasteiger partial charge in [-0.25, -0.2) is 0 Å². The van der Waals surface area contributed by atoms with E-state index in [0.717, 1.165) is 16.7 Å². The molecule has 0 aliphatic heterocycles. The maximum atomic E-state index is 5.16. The Morgan fingerprint density at radius 3 is 3.10 bits per heavy atom. The Bertz CT molecular complexity index is 351. The Hall–Kier alpha value is -1.31. The largest absolute Gasteiger partial charge is 0.464 e. The van der Waals surface area contributed by atoms with E-state index in [0.29, 0.717) is 0 Å². The highest BCUT2D eigenvalue weighted by Crippen LogP contribution is 2.15. The first-order valence-corrected chi connectivity index (χ1v) is 3.17. The molecule has 0 unspecified atom stereocenters. The van der Waals surface area contributed by atoms with Crippen LogP contribution in [0.25, 0.3) is 11.0 Å². The van der Waals surface area contributed by atoms with Crippen LogP contribution in [-0.2, 0) is 0 Å². The van der Waals surface area contributed by atoms with Crippen LogP contribution in [0.15, 0.2) is 29.0 Å². The number of rotatable bonds is 0. The zero-order chi connectivity index (χ0) is 6.97. The van der Waals surface area contributed by atoms with Crippen LogP contribution in [0.1, 0.15) is 5.69 Å². The molecule has 0 aliphatic rings. The molecule has 50 valence electrons. The van der Waals surface area contributed by atoms with Crippen LogP contribution >= 0.6 is 0 Å². The lowest BCUT2D eigenvalue weighted by Crippen LogP contribution is -1.77. The van der Waals surface area contributed by atoms with Gasteiger partial charge in [-0.05, 0) is 19.1 Å². The Labute approximate surface area is 58.5 Å². The zero-order valence-electron chi connectivity index (χ0n) is 5.66. The van der Waals surface area contributed by atoms with Gasteiger partial charge in [0.2, 0.25) is 0 Å². The first kappa shape index (κ1) is 5.47. The highest BCUT2D eigenvalue weighted by atomic mass is 16.3. The third-order valence-electron chi connectivity index (χ3n) is 1.58. The third-order valence-corrected chi connectivity index (χ3v) is 1.58. The maximum Gasteiger partial charge on any atom is 0.137 e. The SMILES string of the molecule is Cc1nccc2occc12. The van der Waals surface area contributed by atoms with Gasteiger partial charge in [0.05, 0.1) is 6.26 Å². The predicted octanol–water partition coefficient (Wildman–Crippen LogP) is 2.14. The molecule has 0 aromatic carbocycles. The molecule has 0 aliphatic carbocycles. The van der Waals surface area contributed by atoms with Crippen molar-refractivity contribution in [3.05, 3.63) is 30.3 Å². The normalized spacial score (nSPS) is 10.5. The molecular weight excluding hydrogens is 126 g/mol. The van der Waals surface area contributed by atoms with E-state index in [-0.39, 0.29) is 0 Å². The van der Waals surface area contributed by atoms with E-state index >= 15 is 0 Å². The summed E-state index contributed by atoms with van der Waals surface area (Å²) in [5.41, 5.74) is 1.93. The first-order chi connectivity index (χ1) is 4.88. The molecule has 0 N–H and O–H groups in total. The number of aromatic nitrogens is 1. The standard InChI is InChI=1S/C8H7NO/c1-6-7-3-5-10-8(7)2-4-9-6/h2-5H,1H3. The average Bonchev–Trinajstić information content (AvgIpc) is 2.36. The van der Waals surface area contributed by atoms with Crippen LogP contribution in [0, 0.1) is 6.92 Å². The molecular formula is C8H7NO. The summed E-state index contributed by atoms with van der Waals surface area (Å²) in [6.45, 7) is 1.97. The van der Waals surface area contributed by atoms with Crippen molar-refractivity contribution in [2.45, 2.75) is 6.92 Å². The average molecular weight is 133 g/mol. The highest BCUT2D eigenvalue weighted by Gasteiger charge is 1.97. The van der Waals surface area contributed by atoms with Crippen molar-refractivity contribution in [1.82, 2.24) is 4.98 Å². The summed E-state index contributed by atoms with van der Waals surface area (Å²) in [6.07, 6.45) is 3.43. The van der Waals surface area contributed by atoms with E-state index in [1.807, 2.05) is 19.1 Å². The quantitative estimate of drug-likeness (QED) is 0.550. The van der Waals surface area contributed by atoms with Crippen LogP contribution in [0.5, 0.6) is 0 Å². The minimum Gasteiger partial charge on any atom is -0.464 e. The molecule has 0 saturated carbocycles. The molecule has 2 nitrogen and oxygen atoms in total. The summed E-state index contributed by atoms with van der Waals surface area (Å²) >= 11 is 0. The predicted molar refractivity (Wildman–Crippen MR) is 38.7 cm³/mol. The molecule has 0 bridgehead atoms. The van der Waals surface area contributed by atoms with Gasteiger partial charge in [-0.2, -0.15) is 0 Å². The Kier molecular flexibility index (Phi) is 1.01. The monoisotopic (exact) mass is 133 g/mol. The van der Waals surface area contributed by atoms with Gasteiger partial charge in [-0.15, -0.1) is 0 Å². The van der Waals surface area contributed by atoms with Gasteiger partial charge in [0.15, 0.2) is 0 Å². The molecule has 2 aromatic rings. The minimum absolute atomic E-state index is 0.910. The minimum atomic E-state index is 0.910. The molecule has 2 heteroatoms. The summed E-state index contributed by atoms with van der Waals surface area (Å²) < 4.78 is 5.16. The van der Waals surface area contributed by atoms with E-state index in [1.165, 1.54) is 0 Å². The van der Waals surface area contributed by atoms with Gasteiger partial charge in [-0.1, -0.05) is 0 Å². The first-order valence-electron chi connectivity index (χ1n) is 3.17. The van der Waals surface area contributed by atoms with Crippen LogP contribution in [0.2, 0.25) is 0 Å². The van der Waals surface area contributed by atoms with Gasteiger partial charge < -0.3 is 4.42 Å². The van der Waals surface area contributed by atoms with Gasteiger partial charge in [0.25, 0.3) is 0 Å². The lowest BCUT2D eigenvalue weighted by atomic mass is 10.2. The number of fused-ring (bicyclic) bond motifs is 1. The molecule has 0 fully saturated rings. The summed E-state index contributed by atoms with van der Waals surface area (Å²) in [5.74, 6) is 0. The number of pyridine rings is 1. The molecule has 0 spiro atoms. The molecule has 2 rings (SSSR count). The lowest BCUT2D eigenvalue weighted by Gasteiger charge is -1.89. The molecule has 2 heterocycles. The second-order valence-electron chi connectivity index (χ2n) is 2.23. The number of aryl methyl sites for hydroxylation is 1. The number of hydrogen-bond acceptors (Lipinski definition) is 2. The summed E-state index contributed by atoms with van der Waals surface area (Å²) in [6, 6.07) is 3.79. The van der Waals surface area contributed by atoms with Gasteiger partial charge >= 0.3 is 0 Å². The third kappa shape index (κ3) is 0.620. The fourth-order valence-electron chi connectivity index (χ4n) is 1.04. The van der Waals surface area contributed by atoms with Gasteiger partial charge in [-0.3, -0.25) is 4.98 Å². The van der Waals surface area contributed by atoms with E-state index in [2.05, 4.69) is 4.98 Å². The number of nitrogens with zero attached hydrogens (tertiary/aromatic N) is 1. The fraction of sp³-hybridized carbons (Fsp3) is 0.125. The molecule has 10 heavy (non-hydrogen) atoms. The van der Waals surface area contributed by atoms with E-state index in [9.17, 15) is 0 Å². The molecule has 0 amide bonds. The molecule has 2 aromatic heterocycles. The number of furan rings is 1. The van der Waals surface area contributed by atoms with Crippen molar-refractivity contribution in [1.29, 1.82) is 0 Å². The van der Waals surface area contributed by atoms with E-state index < -0.39 is 0 Å². The summed E-state index contributed by atoms with van der Waals surface area (Å²) in [7, 11) is 0. The number of hydrogen-bond donors (Lipinski definition) is 0. The molecule has 0 saturated heterocycles. The Morgan fingerprint density at radius 2 is 2.30 bits per heavy atom. The smallest absolute Gasteiger partial charge is 0.137 e. The zero-order valence-corrected chi connectivity index (χ0v) is 5.66. The summed E-state index contributed by atoms with van der Waals surface area (Å²) in [5, 5.41) is 1.10. The van der Waals surface area contributed by atoms with Crippen molar-refractivity contribution >= 4 is 11.0 Å². The van der Waals surface area contributed by atoms with E-state index in [4.69, 9.17) is 4.42 Å². The van der Waals surface area contributed by atoms with Crippen molar-refractivity contribution in [3.8, 4) is 0 Å². The maximum absolute atomic E-state index is 5.16. The molecule has 0 atom stereocenters. The lowest BCUT2D eigenvalue weighted by molar-refractivity contribution is 0.615. The van der Waals surface area contributed by atoms with Crippen molar-refractivity contribution in [2.75, 3.05) is 0 Å². The van der Waals surface area contributed by atoms with Crippen LogP contribution in [-0.4, -0.2) is 4.98 Å². The Balaban J connectivity index is 2.95. The fourth-order valence-corrected chi connectivity index (χ4v) is 1.04. The van der Waals surface area contributed by atoms with E-state index in [1.54, 1.807) is 12.5 Å². The molecule has 0 radical (unpaired) electrons. The van der Waals surface area contributed by atoms with Crippen LogP contribution in [0.4, 0.5) is 0 Å². The summed E-state index contributed by atoms with van der Waals surface area (Å²) in [4.78, 5) is 4.12. The van der Waals surface area contributed by atoms with Crippen molar-refractivity contribution in [2.24, 2.45) is 0 Å². The van der Waals surface area contributed by atoms with Crippen molar-refractivity contribution in [3.63, 3.8) is 0 Å². The van der Waals surface area contributed by atoms with Crippen molar-refractivity contribution < 1.29 is 4.42 Å². The van der Waals surface area contributed by atoms with Gasteiger partial charge in [0.1, 0.15) is 5.58 Å². The van der Waals surface area contributed by atoms with Crippen LogP contribution < -0.4 is 0 Å². The van der Waals surface area contributed by atoms with Gasteiger partial charge in [0, 0.05) is 17.3 Å². The second kappa shape index (κ2) is 1.84.